The molecule has 0 aromatic heterocycles. The fourth-order valence-electron chi connectivity index (χ4n) is 2.18. The molecule has 3 nitrogen and oxygen atoms in total. The quantitative estimate of drug-likeness (QED) is 0.347. The van der Waals surface area contributed by atoms with E-state index in [1.807, 2.05) is 0 Å². The number of rotatable bonds is 14. The van der Waals surface area contributed by atoms with Gasteiger partial charge in [-0.2, -0.15) is 14.3 Å². The minimum Gasteiger partial charge on any atom is -0.193 e. The molecule has 0 aromatic carbocycles. The molecule has 0 amide bonds. The van der Waals surface area contributed by atoms with Gasteiger partial charge in [0.25, 0.3) is 0 Å². The number of unbranched alkanes of at least 4 members (excludes halogenated alkanes) is 11. The van der Waals surface area contributed by atoms with Crippen molar-refractivity contribution in [2.24, 2.45) is 0 Å². The van der Waals surface area contributed by atoms with Crippen LogP contribution in [0.1, 0.15) is 84.0 Å². The summed E-state index contributed by atoms with van der Waals surface area (Å²) in [5, 5.41) is 0. The maximum atomic E-state index is 9.04. The van der Waals surface area contributed by atoms with E-state index >= 15 is 0 Å². The summed E-state index contributed by atoms with van der Waals surface area (Å²) in [7, 11) is -3.00. The fourth-order valence-corrected chi connectivity index (χ4v) is 2.66. The van der Waals surface area contributed by atoms with E-state index < -0.39 is 7.94 Å². The summed E-state index contributed by atoms with van der Waals surface area (Å²) in [5.41, 5.74) is 0. The Bertz CT molecular complexity index is 181. The van der Waals surface area contributed by atoms with Gasteiger partial charge in [-0.05, 0) is 6.42 Å². The average Bonchev–Trinajstić information content (AvgIpc) is 2.34. The van der Waals surface area contributed by atoms with Crippen LogP contribution in [0.5, 0.6) is 0 Å². The molecule has 0 saturated heterocycles. The molecule has 0 unspecified atom stereocenters. The van der Waals surface area contributed by atoms with Crippen molar-refractivity contribution in [1.82, 2.24) is 0 Å². The van der Waals surface area contributed by atoms with Gasteiger partial charge in [0.15, 0.2) is 0 Å². The molecule has 0 fully saturated rings. The predicted molar refractivity (Wildman–Crippen MR) is 84.3 cm³/mol. The third-order valence-electron chi connectivity index (χ3n) is 3.33. The molecule has 0 rings (SSSR count). The van der Waals surface area contributed by atoms with Gasteiger partial charge in [0.05, 0.1) is 6.61 Å². The zero-order valence-electron chi connectivity index (χ0n) is 12.9. The smallest absolute Gasteiger partial charge is 0.193 e. The molecule has 0 atom stereocenters. The average molecular weight is 293 g/mol. The molecule has 2 N–H and O–H groups in total. The van der Waals surface area contributed by atoms with Crippen molar-refractivity contribution in [3.8, 4) is 0 Å². The molecular formula is C15H34O3P+. The van der Waals surface area contributed by atoms with Crippen molar-refractivity contribution in [2.45, 2.75) is 84.0 Å². The van der Waals surface area contributed by atoms with Gasteiger partial charge in [0, 0.05) is 0 Å². The summed E-state index contributed by atoms with van der Waals surface area (Å²) in [4.78, 5) is 18.1. The predicted octanol–water partition coefficient (Wildman–Crippen LogP) is 5.08. The lowest BCUT2D eigenvalue weighted by Gasteiger charge is -2.05. The lowest BCUT2D eigenvalue weighted by atomic mass is 10.1. The van der Waals surface area contributed by atoms with Gasteiger partial charge < -0.3 is 0 Å². The molecule has 0 spiro atoms. The molecule has 0 heterocycles. The van der Waals surface area contributed by atoms with Crippen LogP contribution in [-0.2, 0) is 4.52 Å². The van der Waals surface area contributed by atoms with Crippen molar-refractivity contribution in [2.75, 3.05) is 13.3 Å². The zero-order chi connectivity index (χ0) is 14.4. The third kappa shape index (κ3) is 18.3. The first-order valence-corrected chi connectivity index (χ1v) is 10.1. The van der Waals surface area contributed by atoms with E-state index in [9.17, 15) is 0 Å². The Morgan fingerprint density at radius 1 is 0.684 bits per heavy atom. The van der Waals surface area contributed by atoms with Crippen molar-refractivity contribution >= 4 is 7.94 Å². The van der Waals surface area contributed by atoms with Crippen LogP contribution < -0.4 is 0 Å². The van der Waals surface area contributed by atoms with Crippen molar-refractivity contribution in [3.05, 3.63) is 0 Å². The van der Waals surface area contributed by atoms with Gasteiger partial charge in [0.2, 0.25) is 0 Å². The van der Waals surface area contributed by atoms with Gasteiger partial charge in [-0.1, -0.05) is 77.6 Å². The van der Waals surface area contributed by atoms with Crippen molar-refractivity contribution in [1.29, 1.82) is 0 Å². The van der Waals surface area contributed by atoms with Gasteiger partial charge in [-0.3, -0.25) is 0 Å². The van der Waals surface area contributed by atoms with Crippen LogP contribution in [0.4, 0.5) is 0 Å². The summed E-state index contributed by atoms with van der Waals surface area (Å²) in [6.07, 6.45) is 15.7. The number of hydrogen-bond donors (Lipinski definition) is 2. The fraction of sp³-hybridized carbons (Fsp3) is 1.00. The first kappa shape index (κ1) is 19.3. The minimum absolute atomic E-state index is 0.481. The molecule has 0 aliphatic carbocycles. The molecule has 0 aromatic rings. The largest absolute Gasteiger partial charge is 0.403 e. The first-order valence-electron chi connectivity index (χ1n) is 8.03. The second-order valence-corrected chi connectivity index (χ2v) is 7.49. The van der Waals surface area contributed by atoms with E-state index in [0.717, 1.165) is 12.8 Å². The second kappa shape index (κ2) is 13.3. The third-order valence-corrected chi connectivity index (χ3v) is 4.01. The molecule has 0 aliphatic rings. The minimum atomic E-state index is -3.00. The van der Waals surface area contributed by atoms with E-state index in [1.165, 1.54) is 70.9 Å². The molecule has 116 valence electrons. The Kier molecular flexibility index (Phi) is 13.5. The highest BCUT2D eigenvalue weighted by atomic mass is 31.2. The number of hydrogen-bond acceptors (Lipinski definition) is 3. The lowest BCUT2D eigenvalue weighted by molar-refractivity contribution is 0.229. The maximum Gasteiger partial charge on any atom is 0.403 e. The Morgan fingerprint density at radius 3 is 1.42 bits per heavy atom. The highest BCUT2D eigenvalue weighted by Crippen LogP contribution is 2.46. The molecule has 4 heteroatoms. The van der Waals surface area contributed by atoms with E-state index in [4.69, 9.17) is 14.3 Å². The summed E-state index contributed by atoms with van der Waals surface area (Å²) in [5.74, 6) is 0. The van der Waals surface area contributed by atoms with Gasteiger partial charge >= 0.3 is 7.94 Å². The summed E-state index contributed by atoms with van der Waals surface area (Å²) < 4.78 is 4.94. The van der Waals surface area contributed by atoms with E-state index in [-0.39, 0.29) is 0 Å². The van der Waals surface area contributed by atoms with Crippen LogP contribution in [-0.4, -0.2) is 23.1 Å². The zero-order valence-corrected chi connectivity index (χ0v) is 13.8. The van der Waals surface area contributed by atoms with Gasteiger partial charge in [-0.25, -0.2) is 0 Å². The van der Waals surface area contributed by atoms with E-state index in [1.54, 1.807) is 0 Å². The lowest BCUT2D eigenvalue weighted by Crippen LogP contribution is -1.96. The summed E-state index contributed by atoms with van der Waals surface area (Å²) in [6, 6.07) is 0. The van der Waals surface area contributed by atoms with E-state index in [2.05, 4.69) is 6.92 Å². The monoisotopic (exact) mass is 293 g/mol. The Labute approximate surface area is 120 Å². The standard InChI is InChI=1S/C15H34O3P/c1-3-4-5-6-7-8-9-10-11-12-13-14-15-18-19(2,16)17/h16-17H,3-15H2,1-2H3/q+1. The maximum absolute atomic E-state index is 9.04. The van der Waals surface area contributed by atoms with Crippen molar-refractivity contribution in [3.63, 3.8) is 0 Å². The molecule has 0 aliphatic heterocycles. The Morgan fingerprint density at radius 2 is 1.05 bits per heavy atom. The Balaban J connectivity index is 2.99. The summed E-state index contributed by atoms with van der Waals surface area (Å²) in [6.45, 7) is 4.09. The highest BCUT2D eigenvalue weighted by molar-refractivity contribution is 7.58. The normalized spacial score (nSPS) is 12.0. The summed E-state index contributed by atoms with van der Waals surface area (Å²) >= 11 is 0. The van der Waals surface area contributed by atoms with Crippen LogP contribution in [0.2, 0.25) is 0 Å². The van der Waals surface area contributed by atoms with E-state index in [0.29, 0.717) is 6.61 Å². The molecule has 0 radical (unpaired) electrons. The van der Waals surface area contributed by atoms with Gasteiger partial charge in [-0.15, -0.1) is 0 Å². The van der Waals surface area contributed by atoms with Gasteiger partial charge in [0.1, 0.15) is 6.66 Å². The van der Waals surface area contributed by atoms with Crippen LogP contribution in [0, 0.1) is 0 Å². The van der Waals surface area contributed by atoms with Crippen LogP contribution in [0.25, 0.3) is 0 Å². The second-order valence-electron chi connectivity index (χ2n) is 5.56. The molecular weight excluding hydrogens is 259 g/mol. The van der Waals surface area contributed by atoms with Crippen LogP contribution >= 0.6 is 7.94 Å². The van der Waals surface area contributed by atoms with Crippen LogP contribution in [0.15, 0.2) is 0 Å². The Hall–Kier alpha value is 0.310. The molecule has 19 heavy (non-hydrogen) atoms. The topological polar surface area (TPSA) is 49.7 Å². The highest BCUT2D eigenvalue weighted by Gasteiger charge is 2.25. The van der Waals surface area contributed by atoms with Crippen molar-refractivity contribution < 1.29 is 14.3 Å². The van der Waals surface area contributed by atoms with Crippen LogP contribution in [0.3, 0.4) is 0 Å². The SMILES string of the molecule is CCCCCCCCCCCCCCO[P+](C)(O)O. The first-order chi connectivity index (χ1) is 9.06. The molecule has 0 saturated carbocycles. The molecule has 0 bridgehead atoms.